The third kappa shape index (κ3) is 5.80. The van der Waals surface area contributed by atoms with E-state index in [1.54, 1.807) is 18.2 Å². The lowest BCUT2D eigenvalue weighted by molar-refractivity contribution is 0.247. The number of nitrogens with two attached hydrogens (primary N) is 1. The first-order valence-corrected chi connectivity index (χ1v) is 8.79. The highest BCUT2D eigenvalue weighted by atomic mass is 35.5. The Balaban J connectivity index is 1.77. The summed E-state index contributed by atoms with van der Waals surface area (Å²) in [6.45, 7) is 0.375. The second-order valence-corrected chi connectivity index (χ2v) is 6.64. The minimum atomic E-state index is -4.76. The molecule has 0 saturated heterocycles. The number of hydrogen-bond acceptors (Lipinski definition) is 5. The van der Waals surface area contributed by atoms with Crippen molar-refractivity contribution < 1.29 is 21.8 Å². The molecule has 0 radical (unpaired) electrons. The lowest BCUT2D eigenvalue weighted by Crippen LogP contribution is -2.32. The van der Waals surface area contributed by atoms with Crippen molar-refractivity contribution >= 4 is 39.2 Å². The summed E-state index contributed by atoms with van der Waals surface area (Å²) in [7, 11) is -4.76. The molecule has 25 heavy (non-hydrogen) atoms. The van der Waals surface area contributed by atoms with Crippen LogP contribution in [0.3, 0.4) is 0 Å². The summed E-state index contributed by atoms with van der Waals surface area (Å²) in [6, 6.07) is 8.95. The molecule has 0 bridgehead atoms. The van der Waals surface area contributed by atoms with Crippen molar-refractivity contribution in [3.05, 3.63) is 47.5 Å². The van der Waals surface area contributed by atoms with Crippen molar-refractivity contribution in [2.75, 3.05) is 24.2 Å². The maximum Gasteiger partial charge on any atom is 0.332 e. The van der Waals surface area contributed by atoms with Crippen molar-refractivity contribution in [2.45, 2.75) is 4.90 Å². The van der Waals surface area contributed by atoms with E-state index in [9.17, 15) is 17.1 Å². The number of ether oxygens (including phenoxy) is 1. The van der Waals surface area contributed by atoms with Crippen LogP contribution >= 0.6 is 11.6 Å². The van der Waals surface area contributed by atoms with E-state index in [1.165, 1.54) is 12.1 Å². The van der Waals surface area contributed by atoms with Crippen LogP contribution in [0.25, 0.3) is 0 Å². The second kappa shape index (κ2) is 8.04. The van der Waals surface area contributed by atoms with Gasteiger partial charge in [-0.1, -0.05) is 11.6 Å². The van der Waals surface area contributed by atoms with Crippen LogP contribution in [-0.4, -0.2) is 27.6 Å². The van der Waals surface area contributed by atoms with Gasteiger partial charge in [-0.3, -0.25) is 0 Å². The number of nitrogens with one attached hydrogen (secondary N) is 2. The molecule has 0 heterocycles. The summed E-state index contributed by atoms with van der Waals surface area (Å²) in [4.78, 5) is 11.2. The Morgan fingerprint density at radius 2 is 1.88 bits per heavy atom. The Bertz CT molecular complexity index is 860. The van der Waals surface area contributed by atoms with Crippen LogP contribution in [0.4, 0.5) is 20.1 Å². The fraction of sp³-hybridized carbons (Fsp3) is 0.133. The lowest BCUT2D eigenvalue weighted by atomic mass is 10.3. The summed E-state index contributed by atoms with van der Waals surface area (Å²) >= 11 is 5.95. The van der Waals surface area contributed by atoms with Gasteiger partial charge in [0.1, 0.15) is 12.4 Å². The molecule has 0 aromatic heterocycles. The smallest absolute Gasteiger partial charge is 0.332 e. The summed E-state index contributed by atoms with van der Waals surface area (Å²) < 4.78 is 39.6. The highest BCUT2D eigenvalue weighted by Gasteiger charge is 2.11. The molecule has 2 rings (SSSR count). The topological polar surface area (TPSA) is 111 Å². The van der Waals surface area contributed by atoms with Crippen LogP contribution in [0.2, 0.25) is 5.02 Å². The summed E-state index contributed by atoms with van der Waals surface area (Å²) in [5, 5.41) is 5.38. The van der Waals surface area contributed by atoms with E-state index in [0.717, 1.165) is 12.1 Å². The zero-order chi connectivity index (χ0) is 18.4. The molecule has 0 unspecified atom stereocenters. The molecule has 0 aliphatic carbocycles. The average Bonchev–Trinajstić information content (AvgIpc) is 2.53. The van der Waals surface area contributed by atoms with Gasteiger partial charge in [-0.15, -0.1) is 3.89 Å². The molecule has 0 fully saturated rings. The van der Waals surface area contributed by atoms with E-state index in [1.807, 2.05) is 0 Å². The highest BCUT2D eigenvalue weighted by Crippen LogP contribution is 2.26. The highest BCUT2D eigenvalue weighted by molar-refractivity contribution is 7.86. The van der Waals surface area contributed by atoms with Crippen LogP contribution in [0.15, 0.2) is 47.4 Å². The van der Waals surface area contributed by atoms with Gasteiger partial charge in [0, 0.05) is 11.4 Å². The van der Waals surface area contributed by atoms with Crippen LogP contribution in [0, 0.1) is 0 Å². The maximum atomic E-state index is 12.8. The van der Waals surface area contributed by atoms with Crippen LogP contribution in [0.1, 0.15) is 0 Å². The standard InChI is InChI=1S/C15H15ClFN3O4S/c16-13-9-10(18)1-6-14(13)24-8-7-19-15(21)20-11-2-4-12(5-3-11)25(17,22)23/h1-6,9H,7-8,18H2,(H2,19,20,21). The van der Waals surface area contributed by atoms with Crippen molar-refractivity contribution in [1.29, 1.82) is 0 Å². The Hall–Kier alpha value is -2.52. The molecule has 0 spiro atoms. The molecule has 0 aliphatic rings. The number of urea groups is 1. The Labute approximate surface area is 149 Å². The first kappa shape index (κ1) is 18.8. The molecule has 0 saturated carbocycles. The molecular weight excluding hydrogens is 373 g/mol. The predicted octanol–water partition coefficient (Wildman–Crippen LogP) is 2.78. The number of rotatable bonds is 6. The zero-order valence-corrected chi connectivity index (χ0v) is 14.4. The molecule has 0 atom stereocenters. The van der Waals surface area contributed by atoms with Crippen LogP contribution in [-0.2, 0) is 10.2 Å². The first-order valence-electron chi connectivity index (χ1n) is 7.03. The van der Waals surface area contributed by atoms with E-state index in [-0.39, 0.29) is 13.2 Å². The molecular formula is C15H15ClFN3O4S. The first-order chi connectivity index (χ1) is 11.8. The normalized spacial score (nSPS) is 11.0. The van der Waals surface area contributed by atoms with E-state index in [0.29, 0.717) is 22.1 Å². The van der Waals surface area contributed by atoms with Crippen LogP contribution in [0.5, 0.6) is 5.75 Å². The molecule has 2 amide bonds. The number of nitrogen functional groups attached to an aromatic ring is 1. The molecule has 134 valence electrons. The number of halogens is 2. The van der Waals surface area contributed by atoms with E-state index < -0.39 is 21.1 Å². The third-order valence-corrected chi connectivity index (χ3v) is 4.13. The number of anilines is 2. The van der Waals surface area contributed by atoms with Gasteiger partial charge in [-0.05, 0) is 42.5 Å². The number of hydrogen-bond donors (Lipinski definition) is 3. The maximum absolute atomic E-state index is 12.8. The van der Waals surface area contributed by atoms with E-state index in [4.69, 9.17) is 22.1 Å². The zero-order valence-electron chi connectivity index (χ0n) is 12.8. The van der Waals surface area contributed by atoms with Gasteiger partial charge in [0.15, 0.2) is 0 Å². The van der Waals surface area contributed by atoms with Crippen LogP contribution < -0.4 is 21.1 Å². The minimum absolute atomic E-state index is 0.177. The minimum Gasteiger partial charge on any atom is -0.490 e. The Morgan fingerprint density at radius 3 is 2.48 bits per heavy atom. The van der Waals surface area contributed by atoms with Crippen molar-refractivity contribution in [1.82, 2.24) is 5.32 Å². The van der Waals surface area contributed by atoms with Crippen molar-refractivity contribution in [2.24, 2.45) is 0 Å². The molecule has 2 aromatic rings. The number of carbonyl (C=O) groups is 1. The molecule has 0 aliphatic heterocycles. The van der Waals surface area contributed by atoms with Gasteiger partial charge < -0.3 is 21.1 Å². The summed E-state index contributed by atoms with van der Waals surface area (Å²) in [5.74, 6) is 0.445. The summed E-state index contributed by atoms with van der Waals surface area (Å²) in [5.41, 5.74) is 6.40. The largest absolute Gasteiger partial charge is 0.490 e. The number of carbonyl (C=O) groups excluding carboxylic acids is 1. The predicted molar refractivity (Wildman–Crippen MR) is 93.1 cm³/mol. The van der Waals surface area contributed by atoms with E-state index >= 15 is 0 Å². The lowest BCUT2D eigenvalue weighted by Gasteiger charge is -2.10. The van der Waals surface area contributed by atoms with Crippen molar-refractivity contribution in [3.8, 4) is 5.75 Å². The summed E-state index contributed by atoms with van der Waals surface area (Å²) in [6.07, 6.45) is 0. The average molecular weight is 388 g/mol. The fourth-order valence-electron chi connectivity index (χ4n) is 1.84. The van der Waals surface area contributed by atoms with Crippen molar-refractivity contribution in [3.63, 3.8) is 0 Å². The van der Waals surface area contributed by atoms with Gasteiger partial charge in [-0.25, -0.2) is 4.79 Å². The van der Waals surface area contributed by atoms with Gasteiger partial charge in [0.2, 0.25) is 0 Å². The van der Waals surface area contributed by atoms with Gasteiger partial charge in [0.25, 0.3) is 0 Å². The Morgan fingerprint density at radius 1 is 1.20 bits per heavy atom. The molecule has 10 heteroatoms. The quantitative estimate of drug-likeness (QED) is 0.401. The molecule has 2 aromatic carbocycles. The van der Waals surface area contributed by atoms with E-state index in [2.05, 4.69) is 10.6 Å². The molecule has 4 N–H and O–H groups in total. The van der Waals surface area contributed by atoms with Gasteiger partial charge in [-0.2, -0.15) is 8.42 Å². The molecule has 7 nitrogen and oxygen atoms in total. The SMILES string of the molecule is Nc1ccc(OCCNC(=O)Nc2ccc(S(=O)(=O)F)cc2)c(Cl)c1. The Kier molecular flexibility index (Phi) is 6.05. The monoisotopic (exact) mass is 387 g/mol. The van der Waals surface area contributed by atoms with Gasteiger partial charge >= 0.3 is 16.3 Å². The third-order valence-electron chi connectivity index (χ3n) is 2.99. The van der Waals surface area contributed by atoms with Gasteiger partial charge in [0.05, 0.1) is 16.5 Å². The second-order valence-electron chi connectivity index (χ2n) is 4.88. The number of benzene rings is 2. The number of amides is 2. The fourth-order valence-corrected chi connectivity index (χ4v) is 2.54.